The molecule has 1 aliphatic rings. The highest BCUT2D eigenvalue weighted by Gasteiger charge is 2.23. The number of nitrogens with one attached hydrogen (secondary N) is 2. The van der Waals surface area contributed by atoms with Crippen molar-refractivity contribution in [2.75, 3.05) is 20.2 Å². The molecule has 2 N–H and O–H groups in total. The molecule has 0 saturated carbocycles. The number of esters is 1. The quantitative estimate of drug-likeness (QED) is 0.782. The Hall–Kier alpha value is -1.15. The molecule has 1 unspecified atom stereocenters. The highest BCUT2D eigenvalue weighted by atomic mass is 35.5. The Morgan fingerprint density at radius 2 is 2.18 bits per heavy atom. The van der Waals surface area contributed by atoms with Gasteiger partial charge in [-0.2, -0.15) is 0 Å². The summed E-state index contributed by atoms with van der Waals surface area (Å²) in [6.45, 7) is 2.88. The SMILES string of the molecule is COC(=O)c1cccc(S(=O)(=O)NCC2CCCN2)c1C.Cl. The lowest BCUT2D eigenvalue weighted by molar-refractivity contribution is 0.0599. The van der Waals surface area contributed by atoms with Gasteiger partial charge >= 0.3 is 5.97 Å². The standard InChI is InChI=1S/C14H20N2O4S.ClH/c1-10-12(14(17)20-2)6-3-7-13(10)21(18,19)16-9-11-5-4-8-15-11;/h3,6-7,11,15-16H,4-5,8-9H2,1-2H3;1H. The smallest absolute Gasteiger partial charge is 0.338 e. The molecular weight excluding hydrogens is 328 g/mol. The van der Waals surface area contributed by atoms with Crippen LogP contribution in [0.2, 0.25) is 0 Å². The Morgan fingerprint density at radius 1 is 1.45 bits per heavy atom. The van der Waals surface area contributed by atoms with Gasteiger partial charge in [-0.3, -0.25) is 0 Å². The average Bonchev–Trinajstić information content (AvgIpc) is 2.98. The van der Waals surface area contributed by atoms with Crippen LogP contribution >= 0.6 is 12.4 Å². The monoisotopic (exact) mass is 348 g/mol. The number of ether oxygens (including phenoxy) is 1. The van der Waals surface area contributed by atoms with E-state index < -0.39 is 16.0 Å². The molecule has 1 aromatic rings. The van der Waals surface area contributed by atoms with Crippen molar-refractivity contribution in [1.82, 2.24) is 10.0 Å². The normalized spacial score (nSPS) is 17.8. The van der Waals surface area contributed by atoms with Gasteiger partial charge < -0.3 is 10.1 Å². The molecule has 1 fully saturated rings. The van der Waals surface area contributed by atoms with Gasteiger partial charge in [0.25, 0.3) is 0 Å². The first-order valence-electron chi connectivity index (χ1n) is 6.86. The lowest BCUT2D eigenvalue weighted by Crippen LogP contribution is -2.37. The van der Waals surface area contributed by atoms with Crippen molar-refractivity contribution in [3.63, 3.8) is 0 Å². The topological polar surface area (TPSA) is 84.5 Å². The van der Waals surface area contributed by atoms with Crippen LogP contribution in [0.25, 0.3) is 0 Å². The molecule has 0 radical (unpaired) electrons. The van der Waals surface area contributed by atoms with E-state index in [4.69, 9.17) is 0 Å². The molecule has 1 saturated heterocycles. The molecule has 1 atom stereocenters. The van der Waals surface area contributed by atoms with Gasteiger partial charge in [0.15, 0.2) is 0 Å². The molecule has 1 aliphatic heterocycles. The second-order valence-electron chi connectivity index (χ2n) is 5.07. The van der Waals surface area contributed by atoms with E-state index in [2.05, 4.69) is 14.8 Å². The average molecular weight is 349 g/mol. The molecule has 1 heterocycles. The maximum atomic E-state index is 12.4. The first kappa shape index (κ1) is 18.9. The summed E-state index contributed by atoms with van der Waals surface area (Å²) in [7, 11) is -2.37. The zero-order valence-electron chi connectivity index (χ0n) is 12.6. The Balaban J connectivity index is 0.00000242. The van der Waals surface area contributed by atoms with Crippen LogP contribution in [0.5, 0.6) is 0 Å². The Labute approximate surface area is 137 Å². The van der Waals surface area contributed by atoms with Gasteiger partial charge in [0.05, 0.1) is 17.6 Å². The van der Waals surface area contributed by atoms with Crippen molar-refractivity contribution in [3.8, 4) is 0 Å². The van der Waals surface area contributed by atoms with E-state index in [9.17, 15) is 13.2 Å². The molecule has 0 bridgehead atoms. The molecule has 2 rings (SSSR count). The Kier molecular flexibility index (Phi) is 6.80. The van der Waals surface area contributed by atoms with Crippen molar-refractivity contribution in [1.29, 1.82) is 0 Å². The van der Waals surface area contributed by atoms with E-state index in [1.165, 1.54) is 13.2 Å². The van der Waals surface area contributed by atoms with E-state index in [-0.39, 0.29) is 28.9 Å². The van der Waals surface area contributed by atoms with Crippen molar-refractivity contribution in [3.05, 3.63) is 29.3 Å². The van der Waals surface area contributed by atoms with Crippen molar-refractivity contribution < 1.29 is 17.9 Å². The molecular formula is C14H21ClN2O4S. The largest absolute Gasteiger partial charge is 0.465 e. The van der Waals surface area contributed by atoms with Gasteiger partial charge in [0.1, 0.15) is 0 Å². The third-order valence-electron chi connectivity index (χ3n) is 3.66. The number of sulfonamides is 1. The van der Waals surface area contributed by atoms with Gasteiger partial charge in [-0.15, -0.1) is 12.4 Å². The number of rotatable bonds is 5. The summed E-state index contributed by atoms with van der Waals surface area (Å²) in [5.41, 5.74) is 0.663. The van der Waals surface area contributed by atoms with Crippen LogP contribution in [0.4, 0.5) is 0 Å². The predicted octanol–water partition coefficient (Wildman–Crippen LogP) is 1.23. The fourth-order valence-electron chi connectivity index (χ4n) is 2.46. The van der Waals surface area contributed by atoms with Crippen LogP contribution < -0.4 is 10.0 Å². The van der Waals surface area contributed by atoms with Gasteiger partial charge in [0.2, 0.25) is 10.0 Å². The van der Waals surface area contributed by atoms with Crippen molar-refractivity contribution >= 4 is 28.4 Å². The second kappa shape index (κ2) is 7.92. The molecule has 0 aliphatic carbocycles. The Bertz CT molecular complexity index is 628. The number of benzene rings is 1. The molecule has 124 valence electrons. The molecule has 0 spiro atoms. The van der Waals surface area contributed by atoms with Gasteiger partial charge in [-0.1, -0.05) is 6.07 Å². The Morgan fingerprint density at radius 3 is 2.77 bits per heavy atom. The first-order valence-corrected chi connectivity index (χ1v) is 8.35. The van der Waals surface area contributed by atoms with Crippen LogP contribution in [0.1, 0.15) is 28.8 Å². The summed E-state index contributed by atoms with van der Waals surface area (Å²) in [5.74, 6) is -0.540. The molecule has 8 heteroatoms. The molecule has 1 aromatic carbocycles. The van der Waals surface area contributed by atoms with Gasteiger partial charge in [-0.25, -0.2) is 17.9 Å². The van der Waals surface area contributed by atoms with Crippen LogP contribution in [0.3, 0.4) is 0 Å². The lowest BCUT2D eigenvalue weighted by atomic mass is 10.1. The van der Waals surface area contributed by atoms with Crippen LogP contribution in [-0.2, 0) is 14.8 Å². The van der Waals surface area contributed by atoms with Crippen molar-refractivity contribution in [2.45, 2.75) is 30.7 Å². The summed E-state index contributed by atoms with van der Waals surface area (Å²) in [4.78, 5) is 11.7. The van der Waals surface area contributed by atoms with E-state index in [0.29, 0.717) is 12.1 Å². The minimum absolute atomic E-state index is 0. The molecule has 0 amide bonds. The zero-order valence-corrected chi connectivity index (χ0v) is 14.2. The summed E-state index contributed by atoms with van der Waals surface area (Å²) >= 11 is 0. The number of hydrogen-bond donors (Lipinski definition) is 2. The van der Waals surface area contributed by atoms with Crippen LogP contribution in [0.15, 0.2) is 23.1 Å². The predicted molar refractivity (Wildman–Crippen MR) is 86.0 cm³/mol. The molecule has 22 heavy (non-hydrogen) atoms. The van der Waals surface area contributed by atoms with E-state index in [1.807, 2.05) is 0 Å². The molecule has 0 aromatic heterocycles. The third kappa shape index (κ3) is 4.19. The first-order chi connectivity index (χ1) is 9.95. The number of carbonyl (C=O) groups excluding carboxylic acids is 1. The number of hydrogen-bond acceptors (Lipinski definition) is 5. The van der Waals surface area contributed by atoms with Crippen molar-refractivity contribution in [2.24, 2.45) is 0 Å². The molecule has 6 nitrogen and oxygen atoms in total. The minimum atomic E-state index is -3.64. The fourth-order valence-corrected chi connectivity index (χ4v) is 3.80. The maximum Gasteiger partial charge on any atom is 0.338 e. The van der Waals surface area contributed by atoms with Crippen LogP contribution in [0, 0.1) is 6.92 Å². The highest BCUT2D eigenvalue weighted by molar-refractivity contribution is 7.89. The summed E-state index contributed by atoms with van der Waals surface area (Å²) < 4.78 is 32.0. The third-order valence-corrected chi connectivity index (χ3v) is 5.23. The van der Waals surface area contributed by atoms with Gasteiger partial charge in [-0.05, 0) is 44.0 Å². The van der Waals surface area contributed by atoms with E-state index in [1.54, 1.807) is 19.1 Å². The maximum absolute atomic E-state index is 12.4. The van der Waals surface area contributed by atoms with Gasteiger partial charge in [0, 0.05) is 12.6 Å². The van der Waals surface area contributed by atoms with E-state index in [0.717, 1.165) is 19.4 Å². The van der Waals surface area contributed by atoms with E-state index >= 15 is 0 Å². The minimum Gasteiger partial charge on any atom is -0.465 e. The van der Waals surface area contributed by atoms with Crippen LogP contribution in [-0.4, -0.2) is 40.6 Å². The highest BCUT2D eigenvalue weighted by Crippen LogP contribution is 2.19. The second-order valence-corrected chi connectivity index (χ2v) is 6.80. The fraction of sp³-hybridized carbons (Fsp3) is 0.500. The number of carbonyl (C=O) groups is 1. The zero-order chi connectivity index (χ0) is 15.5. The summed E-state index contributed by atoms with van der Waals surface area (Å²) in [5, 5.41) is 3.23. The number of halogens is 1. The summed E-state index contributed by atoms with van der Waals surface area (Å²) in [6, 6.07) is 4.76. The lowest BCUT2D eigenvalue weighted by Gasteiger charge is -2.14. The number of methoxy groups -OCH3 is 1. The summed E-state index contributed by atoms with van der Waals surface area (Å²) in [6.07, 6.45) is 2.02.